The van der Waals surface area contributed by atoms with Crippen molar-refractivity contribution in [3.05, 3.63) is 105 Å². The first kappa shape index (κ1) is 22.8. The number of thiazole rings is 1. The van der Waals surface area contributed by atoms with Gasteiger partial charge >= 0.3 is 5.97 Å². The largest absolute Gasteiger partial charge is 0.463 e. The first-order chi connectivity index (χ1) is 15.8. The number of nitro benzene ring substituents is 1. The molecule has 4 rings (SSSR count). The minimum atomic E-state index is -0.697. The van der Waals surface area contributed by atoms with Crippen LogP contribution in [0.15, 0.2) is 74.1 Å². The molecule has 3 aromatic rings. The Labute approximate surface area is 200 Å². The number of hydrogen-bond donors (Lipinski definition) is 0. The number of halogens is 1. The number of nitro groups is 1. The van der Waals surface area contributed by atoms with Crippen molar-refractivity contribution in [1.82, 2.24) is 4.57 Å². The van der Waals surface area contributed by atoms with Crippen molar-refractivity contribution in [3.63, 3.8) is 0 Å². The Kier molecular flexibility index (Phi) is 6.39. The Morgan fingerprint density at radius 2 is 2.03 bits per heavy atom. The van der Waals surface area contributed by atoms with Crippen LogP contribution in [0.1, 0.15) is 31.0 Å². The van der Waals surface area contributed by atoms with Gasteiger partial charge in [-0.2, -0.15) is 0 Å². The maximum atomic E-state index is 13.5. The lowest BCUT2D eigenvalue weighted by molar-refractivity contribution is -0.384. The molecule has 0 aliphatic carbocycles. The zero-order chi connectivity index (χ0) is 23.7. The summed E-state index contributed by atoms with van der Waals surface area (Å²) < 4.78 is 8.00. The molecule has 0 bridgehead atoms. The first-order valence-corrected chi connectivity index (χ1v) is 11.6. The Hall–Kier alpha value is -3.37. The van der Waals surface area contributed by atoms with E-state index in [0.29, 0.717) is 26.2 Å². The standard InChI is InChI=1S/C23H18BrN3O5S/c1-3-32-22(29)19-13(2)25-23-26(20(19)15-5-4-6-16(24)12-15)21(28)18(33-23)11-14-7-9-17(10-8-14)27(30)31/h4-12,20H,3H2,1-2H3. The maximum absolute atomic E-state index is 13.5. The number of carbonyl (C=O) groups excluding carboxylic acids is 1. The Morgan fingerprint density at radius 3 is 2.67 bits per heavy atom. The van der Waals surface area contributed by atoms with Gasteiger partial charge in [0.25, 0.3) is 11.2 Å². The third-order valence-corrected chi connectivity index (χ3v) is 6.56. The maximum Gasteiger partial charge on any atom is 0.338 e. The quantitative estimate of drug-likeness (QED) is 0.287. The summed E-state index contributed by atoms with van der Waals surface area (Å²) in [6, 6.07) is 12.6. The molecular weight excluding hydrogens is 510 g/mol. The van der Waals surface area contributed by atoms with Gasteiger partial charge in [-0.1, -0.05) is 39.4 Å². The number of rotatable bonds is 5. The molecule has 1 atom stereocenters. The minimum absolute atomic E-state index is 0.0297. The first-order valence-electron chi connectivity index (χ1n) is 9.99. The second kappa shape index (κ2) is 9.24. The highest BCUT2D eigenvalue weighted by Crippen LogP contribution is 2.31. The minimum Gasteiger partial charge on any atom is -0.463 e. The summed E-state index contributed by atoms with van der Waals surface area (Å²) in [7, 11) is 0. The molecule has 1 aromatic heterocycles. The van der Waals surface area contributed by atoms with E-state index in [-0.39, 0.29) is 17.9 Å². The zero-order valence-corrected chi connectivity index (χ0v) is 20.1. The van der Waals surface area contributed by atoms with Crippen LogP contribution in [-0.2, 0) is 9.53 Å². The van der Waals surface area contributed by atoms with Crippen LogP contribution < -0.4 is 14.9 Å². The molecule has 2 heterocycles. The van der Waals surface area contributed by atoms with E-state index in [1.165, 1.54) is 28.0 Å². The molecule has 0 N–H and O–H groups in total. The number of benzene rings is 2. The number of non-ortho nitro benzene ring substituents is 1. The van der Waals surface area contributed by atoms with Crippen LogP contribution in [0, 0.1) is 10.1 Å². The number of hydrogen-bond acceptors (Lipinski definition) is 7. The molecule has 33 heavy (non-hydrogen) atoms. The molecule has 0 fully saturated rings. The molecule has 0 saturated heterocycles. The summed E-state index contributed by atoms with van der Waals surface area (Å²) >= 11 is 4.66. The van der Waals surface area contributed by atoms with Gasteiger partial charge in [-0.05, 0) is 55.3 Å². The lowest BCUT2D eigenvalue weighted by Crippen LogP contribution is -2.39. The van der Waals surface area contributed by atoms with E-state index in [1.54, 1.807) is 32.1 Å². The summed E-state index contributed by atoms with van der Waals surface area (Å²) in [4.78, 5) is 41.8. The van der Waals surface area contributed by atoms with E-state index in [0.717, 1.165) is 10.0 Å². The van der Waals surface area contributed by atoms with Crippen molar-refractivity contribution in [3.8, 4) is 0 Å². The second-order valence-corrected chi connectivity index (χ2v) is 9.13. The van der Waals surface area contributed by atoms with Gasteiger partial charge in [0.05, 0.1) is 33.4 Å². The fourth-order valence-corrected chi connectivity index (χ4v) is 5.09. The molecule has 0 radical (unpaired) electrons. The van der Waals surface area contributed by atoms with E-state index in [4.69, 9.17) is 4.74 Å². The van der Waals surface area contributed by atoms with Crippen LogP contribution in [0.5, 0.6) is 0 Å². The fourth-order valence-electron chi connectivity index (χ4n) is 3.63. The third kappa shape index (κ3) is 4.44. The molecule has 2 aromatic carbocycles. The number of ether oxygens (including phenoxy) is 1. The molecule has 0 saturated carbocycles. The van der Waals surface area contributed by atoms with Gasteiger partial charge < -0.3 is 4.74 Å². The SMILES string of the molecule is CCOC(=O)C1=C(C)N=c2sc(=Cc3ccc([N+](=O)[O-])cc3)c(=O)n2C1c1cccc(Br)c1. The molecule has 1 aliphatic rings. The summed E-state index contributed by atoms with van der Waals surface area (Å²) in [5, 5.41) is 10.9. The van der Waals surface area contributed by atoms with Crippen molar-refractivity contribution >= 4 is 45.0 Å². The molecule has 10 heteroatoms. The van der Waals surface area contributed by atoms with Crippen molar-refractivity contribution < 1.29 is 14.5 Å². The summed E-state index contributed by atoms with van der Waals surface area (Å²) in [6.45, 7) is 3.65. The highest BCUT2D eigenvalue weighted by Gasteiger charge is 2.33. The normalized spacial score (nSPS) is 15.7. The molecule has 1 unspecified atom stereocenters. The van der Waals surface area contributed by atoms with Crippen molar-refractivity contribution in [1.29, 1.82) is 0 Å². The summed E-state index contributed by atoms with van der Waals surface area (Å²) in [6.07, 6.45) is 1.66. The summed E-state index contributed by atoms with van der Waals surface area (Å²) in [5.74, 6) is -0.520. The Bertz CT molecular complexity index is 1470. The van der Waals surface area contributed by atoms with E-state index in [2.05, 4.69) is 20.9 Å². The van der Waals surface area contributed by atoms with Crippen LogP contribution in [-0.4, -0.2) is 22.1 Å². The van der Waals surface area contributed by atoms with Crippen LogP contribution >= 0.6 is 27.3 Å². The highest BCUT2D eigenvalue weighted by molar-refractivity contribution is 9.10. The predicted octanol–water partition coefficient (Wildman–Crippen LogP) is 3.47. The van der Waals surface area contributed by atoms with Crippen LogP contribution in [0.2, 0.25) is 0 Å². The number of aromatic nitrogens is 1. The lowest BCUT2D eigenvalue weighted by Gasteiger charge is -2.24. The number of fused-ring (bicyclic) bond motifs is 1. The number of nitrogens with zero attached hydrogens (tertiary/aromatic N) is 3. The third-order valence-electron chi connectivity index (χ3n) is 5.08. The van der Waals surface area contributed by atoms with Gasteiger partial charge in [0.15, 0.2) is 4.80 Å². The second-order valence-electron chi connectivity index (χ2n) is 7.21. The Balaban J connectivity index is 1.92. The smallest absolute Gasteiger partial charge is 0.338 e. The van der Waals surface area contributed by atoms with Gasteiger partial charge in [-0.15, -0.1) is 0 Å². The topological polar surface area (TPSA) is 104 Å². The van der Waals surface area contributed by atoms with Gasteiger partial charge in [-0.3, -0.25) is 19.5 Å². The highest BCUT2D eigenvalue weighted by atomic mass is 79.9. The van der Waals surface area contributed by atoms with Gasteiger partial charge in [0.1, 0.15) is 0 Å². The van der Waals surface area contributed by atoms with Crippen molar-refractivity contribution in [2.24, 2.45) is 4.99 Å². The van der Waals surface area contributed by atoms with E-state index in [9.17, 15) is 19.7 Å². The number of carbonyl (C=O) groups is 1. The zero-order valence-electron chi connectivity index (χ0n) is 17.6. The van der Waals surface area contributed by atoms with E-state index >= 15 is 0 Å². The molecule has 8 nitrogen and oxygen atoms in total. The monoisotopic (exact) mass is 527 g/mol. The van der Waals surface area contributed by atoms with Crippen LogP contribution in [0.3, 0.4) is 0 Å². The summed E-state index contributed by atoms with van der Waals surface area (Å²) in [5.41, 5.74) is 1.84. The van der Waals surface area contributed by atoms with Crippen molar-refractivity contribution in [2.75, 3.05) is 6.61 Å². The molecular formula is C23H18BrN3O5S. The van der Waals surface area contributed by atoms with Crippen molar-refractivity contribution in [2.45, 2.75) is 19.9 Å². The van der Waals surface area contributed by atoms with E-state index < -0.39 is 16.9 Å². The van der Waals surface area contributed by atoms with E-state index in [1.807, 2.05) is 24.3 Å². The number of esters is 1. The van der Waals surface area contributed by atoms with Crippen LogP contribution in [0.4, 0.5) is 5.69 Å². The van der Waals surface area contributed by atoms with Gasteiger partial charge in [0.2, 0.25) is 0 Å². The van der Waals surface area contributed by atoms with Gasteiger partial charge in [-0.25, -0.2) is 9.79 Å². The predicted molar refractivity (Wildman–Crippen MR) is 128 cm³/mol. The van der Waals surface area contributed by atoms with Crippen LogP contribution in [0.25, 0.3) is 6.08 Å². The molecule has 0 spiro atoms. The molecule has 168 valence electrons. The van der Waals surface area contributed by atoms with Gasteiger partial charge in [0, 0.05) is 16.6 Å². The Morgan fingerprint density at radius 1 is 1.30 bits per heavy atom. The number of allylic oxidation sites excluding steroid dienone is 1. The fraction of sp³-hybridized carbons (Fsp3) is 0.174. The molecule has 0 amide bonds. The average molecular weight is 528 g/mol. The molecule has 1 aliphatic heterocycles. The average Bonchev–Trinajstić information content (AvgIpc) is 3.07. The lowest BCUT2D eigenvalue weighted by atomic mass is 9.96.